The van der Waals surface area contributed by atoms with Crippen molar-refractivity contribution in [2.75, 3.05) is 6.61 Å². The van der Waals surface area contributed by atoms with Gasteiger partial charge in [-0.3, -0.25) is 0 Å². The van der Waals surface area contributed by atoms with Gasteiger partial charge < -0.3 is 24.8 Å². The molecule has 0 aromatic carbocycles. The zero-order valence-electron chi connectivity index (χ0n) is 6.31. The van der Waals surface area contributed by atoms with Crippen molar-refractivity contribution < 1.29 is 47.7 Å². The maximum Gasteiger partial charge on any atom is -1.00 e. The van der Waals surface area contributed by atoms with E-state index in [0.717, 1.165) is 13.0 Å². The van der Waals surface area contributed by atoms with E-state index in [1.807, 2.05) is 0 Å². The standard InChI is InChI=1S/C6H7O.CH3.2ClH.Ti/c7-5-6-3-1-2-4-6;;;;/h1-3H,4-5H2;1H3;2*1H;/q-1;;;;+3/p-2. The normalized spacial score (nSPS) is 12.6. The molecule has 62 valence electrons. The van der Waals surface area contributed by atoms with E-state index < -0.39 is 0 Å². The van der Waals surface area contributed by atoms with Crippen molar-refractivity contribution in [3.8, 4) is 0 Å². The molecule has 0 aromatic heterocycles. The van der Waals surface area contributed by atoms with Gasteiger partial charge in [0.2, 0.25) is 0 Å². The molecule has 0 atom stereocenters. The molecule has 1 aliphatic carbocycles. The average molecular weight is 229 g/mol. The van der Waals surface area contributed by atoms with Crippen molar-refractivity contribution in [1.29, 1.82) is 0 Å². The quantitative estimate of drug-likeness (QED) is 0.447. The van der Waals surface area contributed by atoms with Crippen LogP contribution in [0, 0.1) is 0 Å². The first-order valence-electron chi connectivity index (χ1n) is 3.06. The molecule has 0 saturated carbocycles. The Bertz CT molecular complexity index is 145. The molecule has 0 radical (unpaired) electrons. The molecule has 0 amide bonds. The largest absolute Gasteiger partial charge is 1.00 e. The molecule has 0 spiro atoms. The topological polar surface area (TPSA) is 9.23 Å². The molecule has 1 aliphatic rings. The summed E-state index contributed by atoms with van der Waals surface area (Å²) in [5.74, 6) is 0. The minimum Gasteiger partial charge on any atom is -1.00 e. The van der Waals surface area contributed by atoms with Gasteiger partial charge in [0, 0.05) is 0 Å². The third-order valence-electron chi connectivity index (χ3n) is 1.25. The molecule has 0 unspecified atom stereocenters. The van der Waals surface area contributed by atoms with Gasteiger partial charge in [0.1, 0.15) is 0 Å². The van der Waals surface area contributed by atoms with Crippen LogP contribution in [0.2, 0.25) is 5.23 Å². The van der Waals surface area contributed by atoms with Crippen LogP contribution in [-0.2, 0) is 22.9 Å². The third-order valence-corrected chi connectivity index (χ3v) is 1.93. The summed E-state index contributed by atoms with van der Waals surface area (Å²) in [4.78, 5) is 0. The Labute approximate surface area is 89.5 Å². The molecular weight excluding hydrogens is 219 g/mol. The summed E-state index contributed by atoms with van der Waals surface area (Å²) >= 11 is -0.0878. The van der Waals surface area contributed by atoms with Gasteiger partial charge in [-0.1, -0.05) is 0 Å². The molecule has 0 saturated heterocycles. The van der Waals surface area contributed by atoms with Gasteiger partial charge in [-0.2, -0.15) is 0 Å². The molecule has 0 aliphatic heterocycles. The van der Waals surface area contributed by atoms with E-state index in [1.165, 1.54) is 5.57 Å². The second-order valence-electron chi connectivity index (χ2n) is 1.95. The first kappa shape index (κ1) is 14.3. The predicted molar refractivity (Wildman–Crippen MR) is 33.7 cm³/mol. The Morgan fingerprint density at radius 3 is 2.73 bits per heavy atom. The van der Waals surface area contributed by atoms with Gasteiger partial charge in [-0.15, -0.1) is 0 Å². The molecule has 0 aromatic rings. The molecule has 0 fully saturated rings. The predicted octanol–water partition coefficient (Wildman–Crippen LogP) is -4.06. The first-order valence-corrected chi connectivity index (χ1v) is 5.26. The van der Waals surface area contributed by atoms with Crippen molar-refractivity contribution in [2.45, 2.75) is 11.6 Å². The number of halogens is 2. The van der Waals surface area contributed by atoms with Crippen LogP contribution < -0.4 is 24.8 Å². The van der Waals surface area contributed by atoms with Crippen LogP contribution in [0.4, 0.5) is 0 Å². The van der Waals surface area contributed by atoms with E-state index >= 15 is 0 Å². The Morgan fingerprint density at radius 2 is 2.27 bits per heavy atom. The second-order valence-corrected chi connectivity index (χ2v) is 3.04. The Morgan fingerprint density at radius 1 is 1.55 bits per heavy atom. The third kappa shape index (κ3) is 5.95. The number of allylic oxidation sites excluding steroid dienone is 3. The summed E-state index contributed by atoms with van der Waals surface area (Å²) in [7, 11) is 0. The average Bonchev–Trinajstić information content (AvgIpc) is 2.34. The van der Waals surface area contributed by atoms with Crippen LogP contribution in [0.15, 0.2) is 23.8 Å². The van der Waals surface area contributed by atoms with Gasteiger partial charge in [0.25, 0.3) is 0 Å². The fourth-order valence-corrected chi connectivity index (χ4v) is 1.28. The SMILES string of the molecule is [CH3][Ti+2][O]CC1=CC=CC1.[Cl-].[Cl-]. The zero-order valence-corrected chi connectivity index (χ0v) is 9.38. The summed E-state index contributed by atoms with van der Waals surface area (Å²) in [6.45, 7) is 0.865. The molecule has 0 bridgehead atoms. The van der Waals surface area contributed by atoms with Crippen molar-refractivity contribution >= 4 is 0 Å². The van der Waals surface area contributed by atoms with Crippen LogP contribution >= 0.6 is 0 Å². The van der Waals surface area contributed by atoms with Crippen LogP contribution in [0.1, 0.15) is 6.42 Å². The molecule has 4 heteroatoms. The smallest absolute Gasteiger partial charge is 1.00 e. The van der Waals surface area contributed by atoms with Crippen molar-refractivity contribution in [1.82, 2.24) is 0 Å². The maximum absolute atomic E-state index is 5.33. The molecule has 1 nitrogen and oxygen atoms in total. The fraction of sp³-hybridized carbons (Fsp3) is 0.429. The summed E-state index contributed by atoms with van der Waals surface area (Å²) < 4.78 is 5.33. The van der Waals surface area contributed by atoms with Gasteiger partial charge >= 0.3 is 64.9 Å². The minimum atomic E-state index is -0.0878. The first-order chi connectivity index (χ1) is 4.43. The Hall–Kier alpha value is 0.734. The molecule has 1 rings (SSSR count). The number of rotatable bonds is 3. The van der Waals surface area contributed by atoms with E-state index in [1.54, 1.807) is 0 Å². The van der Waals surface area contributed by atoms with Crippen molar-refractivity contribution in [2.24, 2.45) is 0 Å². The summed E-state index contributed by atoms with van der Waals surface area (Å²) in [5, 5.41) is 2.14. The van der Waals surface area contributed by atoms with Crippen LogP contribution in [0.25, 0.3) is 0 Å². The van der Waals surface area contributed by atoms with E-state index in [-0.39, 0.29) is 44.4 Å². The molecular formula is C7H10Cl2OTi. The maximum atomic E-state index is 5.33. The molecule has 0 heterocycles. The molecule has 0 N–H and O–H groups in total. The molecule has 11 heavy (non-hydrogen) atoms. The Kier molecular flexibility index (Phi) is 11.5. The van der Waals surface area contributed by atoms with Crippen LogP contribution in [-0.4, -0.2) is 6.61 Å². The van der Waals surface area contributed by atoms with Crippen LogP contribution in [0.3, 0.4) is 0 Å². The summed E-state index contributed by atoms with van der Waals surface area (Å²) in [5.41, 5.74) is 1.42. The van der Waals surface area contributed by atoms with Gasteiger partial charge in [0.05, 0.1) is 0 Å². The van der Waals surface area contributed by atoms with Gasteiger partial charge in [0.15, 0.2) is 0 Å². The van der Waals surface area contributed by atoms with E-state index in [9.17, 15) is 0 Å². The zero-order chi connectivity index (χ0) is 6.53. The Balaban J connectivity index is 0. The van der Waals surface area contributed by atoms with Gasteiger partial charge in [-0.05, 0) is 0 Å². The van der Waals surface area contributed by atoms with Gasteiger partial charge in [-0.25, -0.2) is 0 Å². The fourth-order valence-electron chi connectivity index (χ4n) is 0.763. The number of hydrogen-bond donors (Lipinski definition) is 0. The summed E-state index contributed by atoms with van der Waals surface area (Å²) in [6.07, 6.45) is 7.50. The number of hydrogen-bond acceptors (Lipinski definition) is 1. The van der Waals surface area contributed by atoms with Crippen LogP contribution in [0.5, 0.6) is 0 Å². The minimum absolute atomic E-state index is 0. The van der Waals surface area contributed by atoms with E-state index in [0.29, 0.717) is 0 Å². The second kappa shape index (κ2) is 8.83. The van der Waals surface area contributed by atoms with E-state index in [4.69, 9.17) is 3.32 Å². The monoisotopic (exact) mass is 228 g/mol. The summed E-state index contributed by atoms with van der Waals surface area (Å²) in [6, 6.07) is 0. The van der Waals surface area contributed by atoms with Crippen molar-refractivity contribution in [3.63, 3.8) is 0 Å². The van der Waals surface area contributed by atoms with E-state index in [2.05, 4.69) is 23.5 Å². The van der Waals surface area contributed by atoms with Crippen molar-refractivity contribution in [3.05, 3.63) is 23.8 Å².